The Morgan fingerprint density at radius 1 is 1.00 bits per heavy atom. The van der Waals surface area contributed by atoms with Crippen molar-refractivity contribution in [2.75, 3.05) is 0 Å². The van der Waals surface area contributed by atoms with Gasteiger partial charge in [-0.3, -0.25) is 9.59 Å². The van der Waals surface area contributed by atoms with Crippen molar-refractivity contribution in [1.82, 2.24) is 5.32 Å². The molecule has 2 rings (SSSR count). The van der Waals surface area contributed by atoms with Crippen molar-refractivity contribution in [3.05, 3.63) is 71.0 Å². The Hall–Kier alpha value is -2.83. The second-order valence-corrected chi connectivity index (χ2v) is 4.83. The number of nitrogens with two attached hydrogens (primary N) is 1. The minimum Gasteiger partial charge on any atom is -0.368 e. The predicted octanol–water partition coefficient (Wildman–Crippen LogP) is 1.93. The molecule has 0 aromatic heterocycles. The van der Waals surface area contributed by atoms with Gasteiger partial charge in [0.15, 0.2) is 11.6 Å². The fourth-order valence-corrected chi connectivity index (χ4v) is 2.02. The number of hydrogen-bond donors (Lipinski definition) is 2. The van der Waals surface area contributed by atoms with E-state index in [2.05, 4.69) is 5.32 Å². The van der Waals surface area contributed by atoms with Gasteiger partial charge >= 0.3 is 0 Å². The minimum absolute atomic E-state index is 0.163. The number of nitrogens with one attached hydrogen (secondary N) is 1. The zero-order chi connectivity index (χ0) is 17.0. The number of hydrogen-bond acceptors (Lipinski definition) is 2. The van der Waals surface area contributed by atoms with Gasteiger partial charge in [-0.15, -0.1) is 0 Å². The lowest BCUT2D eigenvalue weighted by atomic mass is 10.0. The van der Waals surface area contributed by atoms with E-state index in [1.807, 2.05) is 0 Å². The third kappa shape index (κ3) is 3.88. The Kier molecular flexibility index (Phi) is 5.00. The number of primary amides is 1. The van der Waals surface area contributed by atoms with Gasteiger partial charge in [0.25, 0.3) is 5.91 Å². The molecule has 0 aliphatic rings. The van der Waals surface area contributed by atoms with Gasteiger partial charge in [-0.25, -0.2) is 13.2 Å². The monoisotopic (exact) mass is 322 g/mol. The largest absolute Gasteiger partial charge is 0.368 e. The first kappa shape index (κ1) is 16.5. The van der Waals surface area contributed by atoms with E-state index in [9.17, 15) is 22.8 Å². The SMILES string of the molecule is NC(=O)[C@@H](Cc1ccccc1F)NC(=O)c1cccc(F)c1F. The van der Waals surface area contributed by atoms with Gasteiger partial charge < -0.3 is 11.1 Å². The minimum atomic E-state index is -1.33. The van der Waals surface area contributed by atoms with Crippen LogP contribution in [0.3, 0.4) is 0 Å². The van der Waals surface area contributed by atoms with E-state index in [0.29, 0.717) is 0 Å². The summed E-state index contributed by atoms with van der Waals surface area (Å²) in [5, 5.41) is 2.19. The first-order chi connectivity index (χ1) is 10.9. The van der Waals surface area contributed by atoms with Crippen LogP contribution in [0.1, 0.15) is 15.9 Å². The van der Waals surface area contributed by atoms with Crippen LogP contribution in [0.25, 0.3) is 0 Å². The summed E-state index contributed by atoms with van der Waals surface area (Å²) in [5.41, 5.74) is 4.78. The molecule has 0 spiro atoms. The van der Waals surface area contributed by atoms with E-state index < -0.39 is 40.9 Å². The van der Waals surface area contributed by atoms with Crippen molar-refractivity contribution in [1.29, 1.82) is 0 Å². The molecule has 23 heavy (non-hydrogen) atoms. The Balaban J connectivity index is 2.20. The number of rotatable bonds is 5. The highest BCUT2D eigenvalue weighted by Crippen LogP contribution is 2.13. The Morgan fingerprint density at radius 2 is 1.65 bits per heavy atom. The molecule has 0 heterocycles. The van der Waals surface area contributed by atoms with Crippen molar-refractivity contribution in [3.63, 3.8) is 0 Å². The van der Waals surface area contributed by atoms with Crippen LogP contribution < -0.4 is 11.1 Å². The summed E-state index contributed by atoms with van der Waals surface area (Å²) >= 11 is 0. The normalized spacial score (nSPS) is 11.8. The predicted molar refractivity (Wildman–Crippen MR) is 76.9 cm³/mol. The summed E-state index contributed by atoms with van der Waals surface area (Å²) < 4.78 is 40.3. The van der Waals surface area contributed by atoms with Crippen LogP contribution in [0.4, 0.5) is 13.2 Å². The average molecular weight is 322 g/mol. The van der Waals surface area contributed by atoms with Crippen molar-refractivity contribution in [2.45, 2.75) is 12.5 Å². The number of benzene rings is 2. The van der Waals surface area contributed by atoms with Crippen molar-refractivity contribution < 1.29 is 22.8 Å². The maximum absolute atomic E-state index is 13.6. The molecule has 0 aliphatic heterocycles. The third-order valence-corrected chi connectivity index (χ3v) is 3.23. The molecule has 120 valence electrons. The van der Waals surface area contributed by atoms with E-state index in [0.717, 1.165) is 18.2 Å². The summed E-state index contributed by atoms with van der Waals surface area (Å²) in [6, 6.07) is 7.47. The lowest BCUT2D eigenvalue weighted by Crippen LogP contribution is -2.46. The van der Waals surface area contributed by atoms with Crippen LogP contribution in [0.2, 0.25) is 0 Å². The summed E-state index contributed by atoms with van der Waals surface area (Å²) in [6.07, 6.45) is -0.204. The van der Waals surface area contributed by atoms with Crippen LogP contribution in [-0.4, -0.2) is 17.9 Å². The molecule has 0 bridgehead atoms. The highest BCUT2D eigenvalue weighted by Gasteiger charge is 2.23. The molecule has 1 atom stereocenters. The summed E-state index contributed by atoms with van der Waals surface area (Å²) in [7, 11) is 0. The number of halogens is 3. The summed E-state index contributed by atoms with van der Waals surface area (Å²) in [5.74, 6) is -5.02. The summed E-state index contributed by atoms with van der Waals surface area (Å²) in [6.45, 7) is 0. The molecule has 0 aliphatic carbocycles. The molecule has 2 amide bonds. The van der Waals surface area contributed by atoms with Gasteiger partial charge in [0.2, 0.25) is 5.91 Å². The number of amides is 2. The maximum atomic E-state index is 13.6. The molecule has 2 aromatic carbocycles. The molecule has 0 unspecified atom stereocenters. The van der Waals surface area contributed by atoms with E-state index in [-0.39, 0.29) is 12.0 Å². The van der Waals surface area contributed by atoms with E-state index in [1.165, 1.54) is 18.2 Å². The number of carbonyl (C=O) groups is 2. The maximum Gasteiger partial charge on any atom is 0.255 e. The van der Waals surface area contributed by atoms with Gasteiger partial charge in [-0.1, -0.05) is 24.3 Å². The van der Waals surface area contributed by atoms with Crippen molar-refractivity contribution in [2.24, 2.45) is 5.73 Å². The number of carbonyl (C=O) groups excluding carboxylic acids is 2. The topological polar surface area (TPSA) is 72.2 Å². The highest BCUT2D eigenvalue weighted by atomic mass is 19.2. The Bertz CT molecular complexity index is 750. The standard InChI is InChI=1S/C16H13F3N2O2/c17-11-6-2-1-4-9(11)8-13(15(20)22)21-16(23)10-5-3-7-12(18)14(10)19/h1-7,13H,8H2,(H2,20,22)(H,21,23)/t13-/m1/s1. The van der Waals surface area contributed by atoms with Crippen LogP contribution in [0.15, 0.2) is 42.5 Å². The third-order valence-electron chi connectivity index (χ3n) is 3.23. The zero-order valence-corrected chi connectivity index (χ0v) is 11.9. The lowest BCUT2D eigenvalue weighted by Gasteiger charge is -2.16. The van der Waals surface area contributed by atoms with Gasteiger partial charge in [0, 0.05) is 6.42 Å². The smallest absolute Gasteiger partial charge is 0.255 e. The van der Waals surface area contributed by atoms with E-state index >= 15 is 0 Å². The van der Waals surface area contributed by atoms with Gasteiger partial charge in [0.1, 0.15) is 11.9 Å². The molecule has 0 saturated carbocycles. The second kappa shape index (κ2) is 6.95. The van der Waals surface area contributed by atoms with Gasteiger partial charge in [-0.05, 0) is 23.8 Å². The highest BCUT2D eigenvalue weighted by molar-refractivity contribution is 5.97. The van der Waals surface area contributed by atoms with E-state index in [4.69, 9.17) is 5.73 Å². The lowest BCUT2D eigenvalue weighted by molar-refractivity contribution is -0.119. The van der Waals surface area contributed by atoms with Crippen LogP contribution >= 0.6 is 0 Å². The van der Waals surface area contributed by atoms with E-state index in [1.54, 1.807) is 6.07 Å². The first-order valence-electron chi connectivity index (χ1n) is 6.67. The Morgan fingerprint density at radius 3 is 2.30 bits per heavy atom. The van der Waals surface area contributed by atoms with Gasteiger partial charge in [-0.2, -0.15) is 0 Å². The first-order valence-corrected chi connectivity index (χ1v) is 6.67. The fourth-order valence-electron chi connectivity index (χ4n) is 2.02. The van der Waals surface area contributed by atoms with Crippen LogP contribution in [-0.2, 0) is 11.2 Å². The summed E-state index contributed by atoms with van der Waals surface area (Å²) in [4.78, 5) is 23.4. The second-order valence-electron chi connectivity index (χ2n) is 4.83. The molecular formula is C16H13F3N2O2. The van der Waals surface area contributed by atoms with Crippen molar-refractivity contribution >= 4 is 11.8 Å². The van der Waals surface area contributed by atoms with Crippen molar-refractivity contribution in [3.8, 4) is 0 Å². The molecule has 0 saturated heterocycles. The molecule has 4 nitrogen and oxygen atoms in total. The molecule has 0 radical (unpaired) electrons. The zero-order valence-electron chi connectivity index (χ0n) is 11.9. The fraction of sp³-hybridized carbons (Fsp3) is 0.125. The van der Waals surface area contributed by atoms with Crippen LogP contribution in [0, 0.1) is 17.5 Å². The molecule has 3 N–H and O–H groups in total. The molecular weight excluding hydrogens is 309 g/mol. The Labute approximate surface area is 130 Å². The molecule has 2 aromatic rings. The van der Waals surface area contributed by atoms with Crippen LogP contribution in [0.5, 0.6) is 0 Å². The molecule has 7 heteroatoms. The average Bonchev–Trinajstić information content (AvgIpc) is 2.51. The molecule has 0 fully saturated rings. The quantitative estimate of drug-likeness (QED) is 0.883. The van der Waals surface area contributed by atoms with Gasteiger partial charge in [0.05, 0.1) is 5.56 Å².